The molecule has 2 aromatic rings. The van der Waals surface area contributed by atoms with Gasteiger partial charge in [-0.1, -0.05) is 0 Å². The number of likely N-dealkylation sites (N-methyl/N-ethyl adjacent to an activating group) is 2. The summed E-state index contributed by atoms with van der Waals surface area (Å²) in [7, 11) is 8.36. The van der Waals surface area contributed by atoms with Gasteiger partial charge in [-0.25, -0.2) is 9.78 Å². The predicted octanol–water partition coefficient (Wildman–Crippen LogP) is 1.69. The van der Waals surface area contributed by atoms with Crippen LogP contribution in [-0.2, 0) is 0 Å². The number of hydrogen-bond donors (Lipinski definition) is 3. The van der Waals surface area contributed by atoms with Gasteiger partial charge in [0.25, 0.3) is 5.91 Å². The molecule has 2 atom stereocenters. The third-order valence-electron chi connectivity index (χ3n) is 6.16. The van der Waals surface area contributed by atoms with Gasteiger partial charge in [0.15, 0.2) is 6.20 Å². The van der Waals surface area contributed by atoms with Crippen molar-refractivity contribution < 1.29 is 19.6 Å². The number of anilines is 1. The van der Waals surface area contributed by atoms with Crippen LogP contribution >= 0.6 is 39.4 Å². The maximum Gasteiger partial charge on any atom is 0.363 e. The van der Waals surface area contributed by atoms with E-state index < -0.39 is 10.9 Å². The maximum atomic E-state index is 12.2. The highest BCUT2D eigenvalue weighted by molar-refractivity contribution is 7.59. The van der Waals surface area contributed by atoms with Crippen LogP contribution in [-0.4, -0.2) is 113 Å². The lowest BCUT2D eigenvalue weighted by molar-refractivity contribution is -0.389. The first-order valence-electron chi connectivity index (χ1n) is 11.9. The number of amides is 1. The molecular weight excluding hydrogens is 580 g/mol. The first-order valence-corrected chi connectivity index (χ1v) is 11.9. The summed E-state index contributed by atoms with van der Waals surface area (Å²) in [6.45, 7) is 3.97. The summed E-state index contributed by atoms with van der Waals surface area (Å²) < 4.78 is 0. The largest absolute Gasteiger partial charge is 0.478 e. The number of pyridine rings is 2. The third-order valence-corrected chi connectivity index (χ3v) is 6.16. The molecule has 4 rings (SSSR count). The zero-order chi connectivity index (χ0) is 27.5. The average Bonchev–Trinajstić information content (AvgIpc) is 3.58. The van der Waals surface area contributed by atoms with Crippen molar-refractivity contribution >= 4 is 62.9 Å². The number of aromatic carboxylic acids is 1. The highest BCUT2D eigenvalue weighted by Gasteiger charge is 2.28. The lowest BCUT2D eigenvalue weighted by atomic mass is 10.2. The number of halogens is 1. The van der Waals surface area contributed by atoms with Crippen LogP contribution in [0.1, 0.15) is 33.6 Å². The Hall–Kier alpha value is -2.69. The van der Waals surface area contributed by atoms with Crippen LogP contribution in [0.5, 0.6) is 0 Å². The van der Waals surface area contributed by atoms with Crippen LogP contribution < -0.4 is 11.1 Å². The zero-order valence-electron chi connectivity index (χ0n) is 23.1. The standard InChI is InChI=1S/C12H18N4O.C6H4N2O4.C6H14N2.ClH.2H2S/c1-15(2)10-5-6-16(8-10)12(17)9-3-4-11(13)14-7-9;9-6(10)4-1-2-5(7-3-4)8(11)12;1-8(2)6-3-4-7-5-6;;;/h3-4,7,10H,5-6,8H2,1-2H3,(H2,13,14);1-3H,(H,9,10);6-7H,3-5H2,1-2H3;1H;2*1H2/t10-;;6-;;;/m0.0.../s1. The van der Waals surface area contributed by atoms with Crippen LogP contribution in [0.15, 0.2) is 36.7 Å². The number of nitro groups is 1. The Kier molecular flexibility index (Phi) is 19.1. The summed E-state index contributed by atoms with van der Waals surface area (Å²) in [6, 6.07) is 6.81. The molecule has 0 aliphatic carbocycles. The summed E-state index contributed by atoms with van der Waals surface area (Å²) >= 11 is 0. The minimum atomic E-state index is -1.16. The summed E-state index contributed by atoms with van der Waals surface area (Å²) in [5, 5.41) is 21.8. The topological polar surface area (TPSA) is 171 Å². The second-order valence-corrected chi connectivity index (χ2v) is 9.21. The van der Waals surface area contributed by atoms with Crippen molar-refractivity contribution in [1.82, 2.24) is 30.0 Å². The SMILES string of the molecule is CN(C)[C@H]1CCN(C(=O)c2ccc(N)nc2)C1.CN(C)[C@H]1CCNC1.Cl.O=C(O)c1ccc([N+](=O)[O-])nc1.S.S. The van der Waals surface area contributed by atoms with Gasteiger partial charge in [0.2, 0.25) is 0 Å². The van der Waals surface area contributed by atoms with Crippen LogP contribution in [0.4, 0.5) is 11.6 Å². The van der Waals surface area contributed by atoms with Crippen molar-refractivity contribution in [2.75, 3.05) is 60.1 Å². The predicted molar refractivity (Wildman–Crippen MR) is 167 cm³/mol. The van der Waals surface area contributed by atoms with Gasteiger partial charge in [-0.3, -0.25) is 4.79 Å². The molecule has 2 aromatic heterocycles. The Morgan fingerprint density at radius 2 is 1.62 bits per heavy atom. The van der Waals surface area contributed by atoms with E-state index in [1.807, 2.05) is 19.0 Å². The van der Waals surface area contributed by atoms with E-state index in [0.29, 0.717) is 17.4 Å². The smallest absolute Gasteiger partial charge is 0.363 e. The van der Waals surface area contributed by atoms with Crippen molar-refractivity contribution in [2.24, 2.45) is 0 Å². The molecule has 0 spiro atoms. The molecule has 0 aromatic carbocycles. The van der Waals surface area contributed by atoms with Crippen molar-refractivity contribution in [3.8, 4) is 0 Å². The number of nitrogens with one attached hydrogen (secondary N) is 1. The number of aromatic nitrogens is 2. The third kappa shape index (κ3) is 12.7. The molecule has 2 saturated heterocycles. The Morgan fingerprint density at radius 3 is 2.00 bits per heavy atom. The fraction of sp³-hybridized carbons (Fsp3) is 0.500. The fourth-order valence-corrected chi connectivity index (χ4v) is 3.76. The van der Waals surface area contributed by atoms with E-state index in [0.717, 1.165) is 43.9 Å². The van der Waals surface area contributed by atoms with Crippen LogP contribution in [0.25, 0.3) is 0 Å². The molecule has 4 N–H and O–H groups in total. The molecule has 4 heterocycles. The molecule has 0 unspecified atom stereocenters. The lowest BCUT2D eigenvalue weighted by Gasteiger charge is -2.20. The van der Waals surface area contributed by atoms with E-state index in [-0.39, 0.29) is 56.7 Å². The second kappa shape index (κ2) is 19.4. The summed E-state index contributed by atoms with van der Waals surface area (Å²) in [4.78, 5) is 45.4. The first kappa shape index (κ1) is 39.5. The molecule has 0 saturated carbocycles. The number of carbonyl (C=O) groups excluding carboxylic acids is 1. The lowest BCUT2D eigenvalue weighted by Crippen LogP contribution is -2.34. The van der Waals surface area contributed by atoms with Crippen LogP contribution in [0, 0.1) is 10.1 Å². The van der Waals surface area contributed by atoms with E-state index in [9.17, 15) is 19.7 Å². The van der Waals surface area contributed by atoms with Gasteiger partial charge in [0.05, 0.1) is 5.56 Å². The van der Waals surface area contributed by atoms with Gasteiger partial charge in [0, 0.05) is 44.0 Å². The van der Waals surface area contributed by atoms with Gasteiger partial charge in [0.1, 0.15) is 11.4 Å². The van der Waals surface area contributed by atoms with Gasteiger partial charge in [-0.2, -0.15) is 27.0 Å². The van der Waals surface area contributed by atoms with E-state index >= 15 is 0 Å². The van der Waals surface area contributed by atoms with Crippen molar-refractivity contribution in [3.05, 3.63) is 57.9 Å². The summed E-state index contributed by atoms with van der Waals surface area (Å²) in [5.41, 5.74) is 6.04. The number of hydrogen-bond acceptors (Lipinski definition) is 10. The Balaban J connectivity index is 0. The summed E-state index contributed by atoms with van der Waals surface area (Å²) in [5.74, 6) is -1.03. The minimum Gasteiger partial charge on any atom is -0.478 e. The Bertz CT molecular complexity index is 1010. The number of carboxylic acid groups (broad SMARTS) is 1. The molecular formula is C24H41ClN8O5S2. The maximum absolute atomic E-state index is 12.2. The normalized spacial score (nSPS) is 17.2. The van der Waals surface area contributed by atoms with Gasteiger partial charge < -0.3 is 41.0 Å². The van der Waals surface area contributed by atoms with Gasteiger partial charge >= 0.3 is 11.8 Å². The number of nitrogens with two attached hydrogens (primary N) is 1. The van der Waals surface area contributed by atoms with Crippen LogP contribution in [0.3, 0.4) is 0 Å². The molecule has 2 fully saturated rings. The van der Waals surface area contributed by atoms with E-state index in [2.05, 4.69) is 39.2 Å². The molecule has 1 amide bonds. The number of nitrogens with zero attached hydrogens (tertiary/aromatic N) is 6. The molecule has 0 bridgehead atoms. The van der Waals surface area contributed by atoms with Crippen LogP contribution in [0.2, 0.25) is 0 Å². The number of nitrogen functional groups attached to an aromatic ring is 1. The van der Waals surface area contributed by atoms with Crippen molar-refractivity contribution in [2.45, 2.75) is 24.9 Å². The van der Waals surface area contributed by atoms with Gasteiger partial charge in [-0.05, 0) is 75.7 Å². The van der Waals surface area contributed by atoms with E-state index in [1.165, 1.54) is 19.5 Å². The van der Waals surface area contributed by atoms with Crippen molar-refractivity contribution in [1.29, 1.82) is 0 Å². The molecule has 0 radical (unpaired) electrons. The minimum absolute atomic E-state index is 0. The molecule has 16 heteroatoms. The molecule has 226 valence electrons. The first-order chi connectivity index (χ1) is 17.5. The van der Waals surface area contributed by atoms with Crippen molar-refractivity contribution in [3.63, 3.8) is 0 Å². The number of rotatable bonds is 5. The average molecular weight is 621 g/mol. The molecule has 2 aliphatic rings. The number of likely N-dealkylation sites (tertiary alicyclic amines) is 1. The molecule has 40 heavy (non-hydrogen) atoms. The number of carboxylic acids is 1. The fourth-order valence-electron chi connectivity index (χ4n) is 3.76. The highest BCUT2D eigenvalue weighted by Crippen LogP contribution is 2.16. The quantitative estimate of drug-likeness (QED) is 0.328. The second-order valence-electron chi connectivity index (χ2n) is 9.21. The van der Waals surface area contributed by atoms with Gasteiger partial charge in [-0.15, -0.1) is 12.4 Å². The van der Waals surface area contributed by atoms with E-state index in [1.54, 1.807) is 18.3 Å². The molecule has 13 nitrogen and oxygen atoms in total. The number of carbonyl (C=O) groups is 2. The Morgan fingerprint density at radius 1 is 1.02 bits per heavy atom. The monoisotopic (exact) mass is 620 g/mol. The van der Waals surface area contributed by atoms with E-state index in [4.69, 9.17) is 10.8 Å². The highest BCUT2D eigenvalue weighted by atomic mass is 35.5. The molecule has 2 aliphatic heterocycles. The zero-order valence-corrected chi connectivity index (χ0v) is 25.9. The summed E-state index contributed by atoms with van der Waals surface area (Å²) in [6.07, 6.45) is 4.83. The Labute approximate surface area is 255 Å².